The third-order valence-electron chi connectivity index (χ3n) is 6.72. The van der Waals surface area contributed by atoms with E-state index < -0.39 is 54.6 Å². The highest BCUT2D eigenvalue weighted by Gasteiger charge is 2.30. The smallest absolute Gasteiger partial charge is 0.444 e. The van der Waals surface area contributed by atoms with Crippen molar-refractivity contribution in [3.8, 4) is 0 Å². The summed E-state index contributed by atoms with van der Waals surface area (Å²) in [5.74, 6) is -2.30. The molecule has 2 aromatic carbocycles. The summed E-state index contributed by atoms with van der Waals surface area (Å²) in [5, 5.41) is 32.3. The van der Waals surface area contributed by atoms with E-state index in [1.54, 1.807) is 20.8 Å². The number of alkyl carbamates (subject to hydrolysis) is 1. The van der Waals surface area contributed by atoms with Crippen molar-refractivity contribution in [2.75, 3.05) is 0 Å². The van der Waals surface area contributed by atoms with Crippen LogP contribution in [0.3, 0.4) is 0 Å². The maximum absolute atomic E-state index is 13.4. The van der Waals surface area contributed by atoms with Crippen LogP contribution in [-0.2, 0) is 25.7 Å². The van der Waals surface area contributed by atoms with Gasteiger partial charge >= 0.3 is 13.2 Å². The number of carbonyl (C=O) groups is 4. The van der Waals surface area contributed by atoms with Crippen LogP contribution in [-0.4, -0.2) is 64.6 Å². The lowest BCUT2D eigenvalue weighted by Gasteiger charge is -2.26. The largest absolute Gasteiger partial charge is 0.475 e. The van der Waals surface area contributed by atoms with Gasteiger partial charge in [0.1, 0.15) is 17.7 Å². The first kappa shape index (κ1) is 36.6. The predicted octanol–water partition coefficient (Wildman–Crippen LogP) is 3.20. The van der Waals surface area contributed by atoms with Crippen LogP contribution in [0.4, 0.5) is 4.79 Å². The highest BCUT2D eigenvalue weighted by atomic mass is 16.6. The topological polar surface area (TPSA) is 166 Å². The molecule has 2 aromatic rings. The van der Waals surface area contributed by atoms with Crippen LogP contribution < -0.4 is 21.3 Å². The summed E-state index contributed by atoms with van der Waals surface area (Å²) in [6.45, 7) is 12.9. The Hall–Kier alpha value is -3.64. The minimum absolute atomic E-state index is 0.0365. The summed E-state index contributed by atoms with van der Waals surface area (Å²) in [5.41, 5.74) is 0.0921. The third-order valence-corrected chi connectivity index (χ3v) is 6.72. The van der Waals surface area contributed by atoms with Crippen molar-refractivity contribution in [3.63, 3.8) is 0 Å². The average molecular weight is 613 g/mol. The summed E-state index contributed by atoms with van der Waals surface area (Å²) in [6.07, 6.45) is -0.332. The van der Waals surface area contributed by atoms with E-state index in [2.05, 4.69) is 21.3 Å². The van der Waals surface area contributed by atoms with Crippen molar-refractivity contribution in [1.29, 1.82) is 0 Å². The van der Waals surface area contributed by atoms with Crippen LogP contribution in [0.25, 0.3) is 10.8 Å². The molecule has 0 radical (unpaired) electrons. The first-order chi connectivity index (χ1) is 20.5. The van der Waals surface area contributed by atoms with Gasteiger partial charge in [0, 0.05) is 13.0 Å². The molecule has 0 saturated heterocycles. The Labute approximate surface area is 261 Å². The quantitative estimate of drug-likeness (QED) is 0.168. The number of ether oxygens (including phenoxy) is 1. The molecule has 242 valence electrons. The van der Waals surface area contributed by atoms with Crippen LogP contribution in [0.15, 0.2) is 42.5 Å². The number of fused-ring (bicyclic) bond motifs is 1. The van der Waals surface area contributed by atoms with Crippen molar-refractivity contribution >= 4 is 41.7 Å². The van der Waals surface area contributed by atoms with Gasteiger partial charge in [-0.25, -0.2) is 4.79 Å². The molecule has 0 bridgehead atoms. The van der Waals surface area contributed by atoms with Gasteiger partial charge in [-0.1, -0.05) is 64.1 Å². The van der Waals surface area contributed by atoms with Crippen LogP contribution in [0, 0.1) is 11.8 Å². The van der Waals surface area contributed by atoms with Crippen molar-refractivity contribution in [2.24, 2.45) is 11.8 Å². The number of rotatable bonds is 15. The molecular weight excluding hydrogens is 563 g/mol. The van der Waals surface area contributed by atoms with E-state index in [0.29, 0.717) is 12.8 Å². The molecule has 0 aliphatic rings. The summed E-state index contributed by atoms with van der Waals surface area (Å²) in [7, 11) is -1.74. The van der Waals surface area contributed by atoms with Crippen molar-refractivity contribution in [3.05, 3.63) is 48.0 Å². The number of nitrogens with one attached hydrogen (secondary N) is 4. The fourth-order valence-corrected chi connectivity index (χ4v) is 4.67. The number of carbonyl (C=O) groups excluding carboxylic acids is 4. The van der Waals surface area contributed by atoms with E-state index in [4.69, 9.17) is 4.74 Å². The Balaban J connectivity index is 2.19. The van der Waals surface area contributed by atoms with Gasteiger partial charge in [-0.3, -0.25) is 14.4 Å². The van der Waals surface area contributed by atoms with Gasteiger partial charge in [-0.2, -0.15) is 0 Å². The molecule has 3 atom stereocenters. The number of amides is 4. The highest BCUT2D eigenvalue weighted by molar-refractivity contribution is 6.43. The molecule has 44 heavy (non-hydrogen) atoms. The van der Waals surface area contributed by atoms with Crippen LogP contribution in [0.2, 0.25) is 0 Å². The van der Waals surface area contributed by atoms with E-state index in [0.717, 1.165) is 16.3 Å². The number of hydrogen-bond donors (Lipinski definition) is 6. The van der Waals surface area contributed by atoms with Gasteiger partial charge in [0.15, 0.2) is 0 Å². The lowest BCUT2D eigenvalue weighted by atomic mass is 9.75. The summed E-state index contributed by atoms with van der Waals surface area (Å²) < 4.78 is 5.33. The molecule has 6 N–H and O–H groups in total. The number of hydrogen-bond acceptors (Lipinski definition) is 7. The standard InChI is InChI=1S/C32H49BN4O7/c1-20(2)16-26(36-31(41)44-32(5,6)7)30(40)35-25(14-15-28(38)37-27(33(42)43)17-21(3)4)29(39)34-19-22-12-13-23-10-8-9-11-24(23)18-22/h8-13,18,20-21,25-27,42-43H,14-17,19H2,1-7H3,(H,34,39)(H,35,40)(H,36,41)(H,37,38)/t25-,26-,27-/m0/s1. The first-order valence-electron chi connectivity index (χ1n) is 15.2. The first-order valence-corrected chi connectivity index (χ1v) is 15.2. The molecule has 4 amide bonds. The van der Waals surface area contributed by atoms with Crippen LogP contribution in [0.1, 0.15) is 79.7 Å². The molecule has 0 fully saturated rings. The molecule has 2 rings (SSSR count). The second-order valence-electron chi connectivity index (χ2n) is 13.0. The molecule has 0 heterocycles. The van der Waals surface area contributed by atoms with Crippen molar-refractivity contribution in [2.45, 2.75) is 104 Å². The summed E-state index contributed by atoms with van der Waals surface area (Å²) >= 11 is 0. The van der Waals surface area contributed by atoms with Crippen molar-refractivity contribution < 1.29 is 34.0 Å². The molecule has 0 saturated carbocycles. The molecule has 11 nitrogen and oxygen atoms in total. The highest BCUT2D eigenvalue weighted by Crippen LogP contribution is 2.16. The zero-order chi connectivity index (χ0) is 33.0. The molecule has 0 aliphatic carbocycles. The normalized spacial score (nSPS) is 13.6. The molecule has 0 aromatic heterocycles. The van der Waals surface area contributed by atoms with E-state index in [1.165, 1.54) is 0 Å². The Morgan fingerprint density at radius 3 is 2.05 bits per heavy atom. The third kappa shape index (κ3) is 13.3. The van der Waals surface area contributed by atoms with E-state index in [1.807, 2.05) is 70.2 Å². The average Bonchev–Trinajstić information content (AvgIpc) is 2.91. The van der Waals surface area contributed by atoms with Gasteiger partial charge in [-0.15, -0.1) is 0 Å². The second-order valence-corrected chi connectivity index (χ2v) is 13.0. The Bertz CT molecular complexity index is 1260. The van der Waals surface area contributed by atoms with Gasteiger partial charge in [0.05, 0.1) is 5.94 Å². The van der Waals surface area contributed by atoms with Gasteiger partial charge in [0.25, 0.3) is 0 Å². The molecule has 0 unspecified atom stereocenters. The predicted molar refractivity (Wildman–Crippen MR) is 171 cm³/mol. The second kappa shape index (κ2) is 17.0. The van der Waals surface area contributed by atoms with Gasteiger partial charge < -0.3 is 36.1 Å². The Morgan fingerprint density at radius 1 is 0.818 bits per heavy atom. The minimum Gasteiger partial charge on any atom is -0.444 e. The summed E-state index contributed by atoms with van der Waals surface area (Å²) in [6, 6.07) is 11.6. The van der Waals surface area contributed by atoms with Crippen LogP contribution >= 0.6 is 0 Å². The van der Waals surface area contributed by atoms with E-state index in [-0.39, 0.29) is 31.2 Å². The van der Waals surface area contributed by atoms with Gasteiger partial charge in [-0.05, 0) is 74.3 Å². The molecule has 0 aliphatic heterocycles. The summed E-state index contributed by atoms with van der Waals surface area (Å²) in [4.78, 5) is 52.1. The Morgan fingerprint density at radius 2 is 1.45 bits per heavy atom. The molecule has 12 heteroatoms. The maximum atomic E-state index is 13.4. The van der Waals surface area contributed by atoms with E-state index in [9.17, 15) is 29.2 Å². The lowest BCUT2D eigenvalue weighted by molar-refractivity contribution is -0.131. The maximum Gasteiger partial charge on any atom is 0.475 e. The zero-order valence-electron chi connectivity index (χ0n) is 27.0. The monoisotopic (exact) mass is 612 g/mol. The Kier molecular flexibility index (Phi) is 14.1. The lowest BCUT2D eigenvalue weighted by Crippen LogP contribution is -2.54. The molecular formula is C32H49BN4O7. The minimum atomic E-state index is -1.74. The zero-order valence-corrected chi connectivity index (χ0v) is 27.0. The van der Waals surface area contributed by atoms with E-state index >= 15 is 0 Å². The molecule has 0 spiro atoms. The fourth-order valence-electron chi connectivity index (χ4n) is 4.67. The number of benzene rings is 2. The van der Waals surface area contributed by atoms with Crippen molar-refractivity contribution in [1.82, 2.24) is 21.3 Å². The van der Waals surface area contributed by atoms with Crippen LogP contribution in [0.5, 0.6) is 0 Å². The van der Waals surface area contributed by atoms with Gasteiger partial charge in [0.2, 0.25) is 17.7 Å². The fraction of sp³-hybridized carbons (Fsp3) is 0.562. The SMILES string of the molecule is CC(C)C[C@H](NC(=O)CC[C@H](NC(=O)[C@H](CC(C)C)NC(=O)OC(C)(C)C)C(=O)NCc1ccc2ccccc2c1)B(O)O.